The monoisotopic (exact) mass is 462 g/mol. The summed E-state index contributed by atoms with van der Waals surface area (Å²) in [6, 6.07) is 9.23. The van der Waals surface area contributed by atoms with Crippen LogP contribution in [0.15, 0.2) is 36.4 Å². The van der Waals surface area contributed by atoms with Crippen molar-refractivity contribution in [1.82, 2.24) is 4.90 Å². The molecule has 3 rings (SSSR count). The van der Waals surface area contributed by atoms with Crippen molar-refractivity contribution in [1.29, 1.82) is 0 Å². The summed E-state index contributed by atoms with van der Waals surface area (Å²) in [5, 5.41) is 2.76. The Kier molecular flexibility index (Phi) is 6.93. The maximum absolute atomic E-state index is 13.3. The minimum absolute atomic E-state index is 0.0329. The molecular formula is C22H26N2O7S. The number of carbonyl (C=O) groups is 2. The Morgan fingerprint density at radius 3 is 2.25 bits per heavy atom. The predicted molar refractivity (Wildman–Crippen MR) is 119 cm³/mol. The Morgan fingerprint density at radius 1 is 1.09 bits per heavy atom. The molecule has 0 unspecified atom stereocenters. The number of carbonyl (C=O) groups excluding carboxylic acids is 2. The van der Waals surface area contributed by atoms with Crippen molar-refractivity contribution in [2.75, 3.05) is 38.7 Å². The first-order valence-electron chi connectivity index (χ1n) is 9.86. The second-order valence-electron chi connectivity index (χ2n) is 7.43. The zero-order valence-corrected chi connectivity index (χ0v) is 19.2. The lowest BCUT2D eigenvalue weighted by molar-refractivity contribution is -0.120. The number of fused-ring (bicyclic) bond motifs is 1. The number of hydrogen-bond donors (Lipinski definition) is 1. The molecular weight excluding hydrogens is 436 g/mol. The fraction of sp³-hybridized carbons (Fsp3) is 0.364. The molecule has 0 saturated heterocycles. The first-order chi connectivity index (χ1) is 15.2. The van der Waals surface area contributed by atoms with E-state index >= 15 is 0 Å². The third-order valence-electron chi connectivity index (χ3n) is 5.22. The van der Waals surface area contributed by atoms with Crippen LogP contribution in [0.1, 0.15) is 22.3 Å². The van der Waals surface area contributed by atoms with Crippen molar-refractivity contribution in [2.24, 2.45) is 0 Å². The topological polar surface area (TPSA) is 111 Å². The van der Waals surface area contributed by atoms with Crippen LogP contribution in [0.2, 0.25) is 0 Å². The van der Waals surface area contributed by atoms with Gasteiger partial charge in [-0.2, -0.15) is 0 Å². The number of anilines is 1. The standard InChI is InChI=1S/C22H26N2O7S/c1-29-18-11-15(12-19(30-2)20(18)31-3)23-21(25)17(9-10-32(4,27)28)24-13-14-7-5-6-8-16(14)22(24)26/h5-8,11-12,17H,9-10,13H2,1-4H3,(H,23,25)/t17-/m0/s1. The van der Waals surface area contributed by atoms with Crippen LogP contribution in [-0.2, 0) is 21.2 Å². The van der Waals surface area contributed by atoms with Crippen LogP contribution in [0.4, 0.5) is 5.69 Å². The van der Waals surface area contributed by atoms with E-state index in [0.29, 0.717) is 28.5 Å². The molecule has 9 nitrogen and oxygen atoms in total. The number of methoxy groups -OCH3 is 3. The van der Waals surface area contributed by atoms with E-state index in [1.54, 1.807) is 24.3 Å². The summed E-state index contributed by atoms with van der Waals surface area (Å²) >= 11 is 0. The molecule has 2 amide bonds. The van der Waals surface area contributed by atoms with Gasteiger partial charge in [0.15, 0.2) is 11.5 Å². The lowest BCUT2D eigenvalue weighted by atomic mass is 10.1. The van der Waals surface area contributed by atoms with Gasteiger partial charge in [0, 0.05) is 36.2 Å². The number of nitrogens with zero attached hydrogens (tertiary/aromatic N) is 1. The molecule has 172 valence electrons. The van der Waals surface area contributed by atoms with Gasteiger partial charge in [0.2, 0.25) is 11.7 Å². The van der Waals surface area contributed by atoms with E-state index in [1.165, 1.54) is 26.2 Å². The second-order valence-corrected chi connectivity index (χ2v) is 9.69. The average Bonchev–Trinajstić information content (AvgIpc) is 3.08. The molecule has 0 aromatic heterocycles. The number of hydrogen-bond acceptors (Lipinski definition) is 7. The molecule has 0 fully saturated rings. The minimum Gasteiger partial charge on any atom is -0.493 e. The third kappa shape index (κ3) is 4.96. The molecule has 10 heteroatoms. The number of benzene rings is 2. The molecule has 0 aliphatic carbocycles. The highest BCUT2D eigenvalue weighted by atomic mass is 32.2. The van der Waals surface area contributed by atoms with Crippen molar-refractivity contribution >= 4 is 27.3 Å². The number of amides is 2. The first-order valence-corrected chi connectivity index (χ1v) is 11.9. The van der Waals surface area contributed by atoms with Crippen LogP contribution in [-0.4, -0.2) is 64.5 Å². The average molecular weight is 463 g/mol. The quantitative estimate of drug-likeness (QED) is 0.608. The molecule has 0 bridgehead atoms. The van der Waals surface area contributed by atoms with Gasteiger partial charge in [-0.3, -0.25) is 9.59 Å². The highest BCUT2D eigenvalue weighted by Crippen LogP contribution is 2.40. The molecule has 1 aliphatic rings. The van der Waals surface area contributed by atoms with E-state index in [2.05, 4.69) is 5.32 Å². The van der Waals surface area contributed by atoms with Gasteiger partial charge in [-0.25, -0.2) is 8.42 Å². The highest BCUT2D eigenvalue weighted by Gasteiger charge is 2.36. The highest BCUT2D eigenvalue weighted by molar-refractivity contribution is 7.90. The molecule has 32 heavy (non-hydrogen) atoms. The molecule has 1 N–H and O–H groups in total. The summed E-state index contributed by atoms with van der Waals surface area (Å²) in [6.45, 7) is 0.228. The van der Waals surface area contributed by atoms with E-state index in [1.807, 2.05) is 12.1 Å². The van der Waals surface area contributed by atoms with Crippen molar-refractivity contribution in [3.63, 3.8) is 0 Å². The van der Waals surface area contributed by atoms with Gasteiger partial charge in [-0.1, -0.05) is 18.2 Å². The van der Waals surface area contributed by atoms with E-state index in [-0.39, 0.29) is 24.6 Å². The van der Waals surface area contributed by atoms with E-state index in [9.17, 15) is 18.0 Å². The Balaban J connectivity index is 1.91. The lowest BCUT2D eigenvalue weighted by Crippen LogP contribution is -2.45. The van der Waals surface area contributed by atoms with E-state index in [0.717, 1.165) is 11.8 Å². The molecule has 1 aliphatic heterocycles. The molecule has 2 aromatic rings. The summed E-state index contributed by atoms with van der Waals surface area (Å²) < 4.78 is 39.5. The Labute approximate surface area is 187 Å². The van der Waals surface area contributed by atoms with Crippen LogP contribution in [0.3, 0.4) is 0 Å². The van der Waals surface area contributed by atoms with Crippen LogP contribution >= 0.6 is 0 Å². The number of rotatable bonds is 9. The van der Waals surface area contributed by atoms with Crippen molar-refractivity contribution in [3.8, 4) is 17.2 Å². The van der Waals surface area contributed by atoms with Crippen molar-refractivity contribution in [2.45, 2.75) is 19.0 Å². The summed E-state index contributed by atoms with van der Waals surface area (Å²) in [5.74, 6) is 0.00879. The van der Waals surface area contributed by atoms with Gasteiger partial charge in [0.25, 0.3) is 5.91 Å². The zero-order chi connectivity index (χ0) is 23.5. The Hall–Kier alpha value is -3.27. The van der Waals surface area contributed by atoms with Crippen LogP contribution in [0, 0.1) is 0 Å². The zero-order valence-electron chi connectivity index (χ0n) is 18.4. The lowest BCUT2D eigenvalue weighted by Gasteiger charge is -2.27. The fourth-order valence-corrected chi connectivity index (χ4v) is 4.31. The molecule has 0 spiro atoms. The smallest absolute Gasteiger partial charge is 0.255 e. The summed E-state index contributed by atoms with van der Waals surface area (Å²) in [5.41, 5.74) is 1.66. The number of sulfone groups is 1. The van der Waals surface area contributed by atoms with Crippen LogP contribution < -0.4 is 19.5 Å². The molecule has 1 heterocycles. The van der Waals surface area contributed by atoms with Crippen LogP contribution in [0.25, 0.3) is 0 Å². The Morgan fingerprint density at radius 2 is 1.72 bits per heavy atom. The Bertz CT molecular complexity index is 1110. The first kappa shape index (κ1) is 23.4. The second kappa shape index (κ2) is 9.47. The van der Waals surface area contributed by atoms with Gasteiger partial charge in [-0.15, -0.1) is 0 Å². The fourth-order valence-electron chi connectivity index (χ4n) is 3.66. The molecule has 0 radical (unpaired) electrons. The van der Waals surface area contributed by atoms with E-state index in [4.69, 9.17) is 14.2 Å². The van der Waals surface area contributed by atoms with Crippen molar-refractivity contribution < 1.29 is 32.2 Å². The summed E-state index contributed by atoms with van der Waals surface area (Å²) in [7, 11) is 1.04. The van der Waals surface area contributed by atoms with Crippen LogP contribution in [0.5, 0.6) is 17.2 Å². The third-order valence-corrected chi connectivity index (χ3v) is 6.20. The maximum Gasteiger partial charge on any atom is 0.255 e. The van der Waals surface area contributed by atoms with Gasteiger partial charge < -0.3 is 24.4 Å². The minimum atomic E-state index is -3.34. The number of nitrogens with one attached hydrogen (secondary N) is 1. The van der Waals surface area contributed by atoms with Gasteiger partial charge in [-0.05, 0) is 18.1 Å². The largest absolute Gasteiger partial charge is 0.493 e. The molecule has 1 atom stereocenters. The van der Waals surface area contributed by atoms with Gasteiger partial charge >= 0.3 is 0 Å². The summed E-state index contributed by atoms with van der Waals surface area (Å²) in [6.07, 6.45) is 1.07. The van der Waals surface area contributed by atoms with Crippen molar-refractivity contribution in [3.05, 3.63) is 47.5 Å². The van der Waals surface area contributed by atoms with Gasteiger partial charge in [0.1, 0.15) is 15.9 Å². The SMILES string of the molecule is COc1cc(NC(=O)[C@H](CCS(C)(=O)=O)N2Cc3ccccc3C2=O)cc(OC)c1OC. The maximum atomic E-state index is 13.3. The summed E-state index contributed by atoms with van der Waals surface area (Å²) in [4.78, 5) is 27.6. The van der Waals surface area contributed by atoms with Gasteiger partial charge in [0.05, 0.1) is 27.1 Å². The number of ether oxygens (including phenoxy) is 3. The van der Waals surface area contributed by atoms with E-state index < -0.39 is 21.8 Å². The molecule has 0 saturated carbocycles. The molecule has 2 aromatic carbocycles. The predicted octanol–water partition coefficient (Wildman–Crippen LogP) is 2.11. The normalized spacial score (nSPS) is 14.0.